The maximum Gasteiger partial charge on any atom is 0.316 e. The molecule has 0 aliphatic rings. The lowest BCUT2D eigenvalue weighted by atomic mass is 10.3. The standard InChI is InChI=1S/C16H16ClNO3S2/c1-11(16(20)18-14-7-3-2-6-13(14)17)21-15(19)10-22-9-12-5-4-8-23-12/h2-8,11H,9-10H2,1H3,(H,18,20)/t11-/m0/s1. The highest BCUT2D eigenvalue weighted by Gasteiger charge is 2.18. The average molecular weight is 370 g/mol. The monoisotopic (exact) mass is 369 g/mol. The Morgan fingerprint density at radius 3 is 2.78 bits per heavy atom. The van der Waals surface area contributed by atoms with Gasteiger partial charge in [0.25, 0.3) is 5.91 Å². The molecular weight excluding hydrogens is 354 g/mol. The molecule has 23 heavy (non-hydrogen) atoms. The van der Waals surface area contributed by atoms with Crippen molar-refractivity contribution in [3.05, 3.63) is 51.7 Å². The van der Waals surface area contributed by atoms with Crippen LogP contribution in [0, 0.1) is 0 Å². The smallest absolute Gasteiger partial charge is 0.316 e. The Morgan fingerprint density at radius 1 is 1.30 bits per heavy atom. The van der Waals surface area contributed by atoms with Crippen LogP contribution in [0.4, 0.5) is 5.69 Å². The molecule has 0 spiro atoms. The third kappa shape index (κ3) is 5.89. The number of nitrogens with one attached hydrogen (secondary N) is 1. The zero-order chi connectivity index (χ0) is 16.7. The second-order valence-corrected chi connectivity index (χ2v) is 7.10. The molecule has 0 fully saturated rings. The van der Waals surface area contributed by atoms with Gasteiger partial charge < -0.3 is 10.1 Å². The van der Waals surface area contributed by atoms with Crippen LogP contribution >= 0.6 is 34.7 Å². The van der Waals surface area contributed by atoms with Crippen LogP contribution in [0.15, 0.2) is 41.8 Å². The van der Waals surface area contributed by atoms with Gasteiger partial charge in [0, 0.05) is 10.6 Å². The number of benzene rings is 1. The quantitative estimate of drug-likeness (QED) is 0.743. The van der Waals surface area contributed by atoms with Crippen molar-refractivity contribution >= 4 is 52.3 Å². The number of para-hydroxylation sites is 1. The summed E-state index contributed by atoms with van der Waals surface area (Å²) >= 11 is 9.08. The van der Waals surface area contributed by atoms with Crippen LogP contribution < -0.4 is 5.32 Å². The first-order valence-corrected chi connectivity index (χ1v) is 9.32. The number of ether oxygens (including phenoxy) is 1. The number of hydrogen-bond acceptors (Lipinski definition) is 5. The van der Waals surface area contributed by atoms with Crippen molar-refractivity contribution in [2.75, 3.05) is 11.1 Å². The molecule has 1 heterocycles. The normalized spacial score (nSPS) is 11.7. The van der Waals surface area contributed by atoms with Gasteiger partial charge in [-0.2, -0.15) is 0 Å². The Labute approximate surface area is 148 Å². The van der Waals surface area contributed by atoms with Crippen LogP contribution in [0.3, 0.4) is 0 Å². The highest BCUT2D eigenvalue weighted by molar-refractivity contribution is 7.99. The summed E-state index contributed by atoms with van der Waals surface area (Å²) < 4.78 is 5.13. The van der Waals surface area contributed by atoms with Crippen LogP contribution in [0.5, 0.6) is 0 Å². The third-order valence-electron chi connectivity index (χ3n) is 2.85. The third-order valence-corrected chi connectivity index (χ3v) is 5.20. The van der Waals surface area contributed by atoms with Gasteiger partial charge >= 0.3 is 5.97 Å². The first-order valence-electron chi connectivity index (χ1n) is 6.91. The predicted molar refractivity (Wildman–Crippen MR) is 96.1 cm³/mol. The molecule has 1 amide bonds. The lowest BCUT2D eigenvalue weighted by Gasteiger charge is -2.14. The van der Waals surface area contributed by atoms with E-state index in [-0.39, 0.29) is 5.75 Å². The minimum absolute atomic E-state index is 0.210. The molecule has 122 valence electrons. The Morgan fingerprint density at radius 2 is 2.09 bits per heavy atom. The number of halogens is 1. The summed E-state index contributed by atoms with van der Waals surface area (Å²) in [7, 11) is 0. The molecule has 0 bridgehead atoms. The minimum Gasteiger partial charge on any atom is -0.452 e. The van der Waals surface area contributed by atoms with E-state index in [1.54, 1.807) is 35.6 Å². The SMILES string of the molecule is C[C@H](OC(=O)CSCc1cccs1)C(=O)Nc1ccccc1Cl. The number of carbonyl (C=O) groups excluding carboxylic acids is 2. The number of thioether (sulfide) groups is 1. The maximum atomic E-state index is 12.0. The largest absolute Gasteiger partial charge is 0.452 e. The Bertz CT molecular complexity index is 661. The van der Waals surface area contributed by atoms with Crippen LogP contribution in [0.25, 0.3) is 0 Å². The summed E-state index contributed by atoms with van der Waals surface area (Å²) in [6, 6.07) is 10.9. The van der Waals surface area contributed by atoms with E-state index in [0.29, 0.717) is 10.7 Å². The molecule has 0 saturated carbocycles. The summed E-state index contributed by atoms with van der Waals surface area (Å²) in [6.45, 7) is 1.54. The molecule has 0 unspecified atom stereocenters. The van der Waals surface area contributed by atoms with Crippen molar-refractivity contribution in [3.63, 3.8) is 0 Å². The van der Waals surface area contributed by atoms with Gasteiger partial charge in [0.2, 0.25) is 0 Å². The number of amides is 1. The summed E-state index contributed by atoms with van der Waals surface area (Å²) in [6.07, 6.45) is -0.874. The van der Waals surface area contributed by atoms with Gasteiger partial charge in [-0.3, -0.25) is 9.59 Å². The van der Waals surface area contributed by atoms with Crippen LogP contribution in [0.1, 0.15) is 11.8 Å². The topological polar surface area (TPSA) is 55.4 Å². The molecule has 0 aliphatic carbocycles. The van der Waals surface area contributed by atoms with Crippen LogP contribution in [-0.2, 0) is 20.1 Å². The second kappa shape index (κ2) is 8.96. The summed E-state index contributed by atoms with van der Waals surface area (Å²) in [5, 5.41) is 5.07. The highest BCUT2D eigenvalue weighted by Crippen LogP contribution is 2.21. The van der Waals surface area contributed by atoms with Crippen molar-refractivity contribution in [1.29, 1.82) is 0 Å². The van der Waals surface area contributed by atoms with Gasteiger partial charge in [-0.05, 0) is 30.5 Å². The zero-order valence-electron chi connectivity index (χ0n) is 12.5. The van der Waals surface area contributed by atoms with Gasteiger partial charge in [0.15, 0.2) is 6.10 Å². The van der Waals surface area contributed by atoms with Crippen LogP contribution in [-0.4, -0.2) is 23.7 Å². The number of esters is 1. The molecule has 4 nitrogen and oxygen atoms in total. The molecule has 0 radical (unpaired) electrons. The molecule has 0 aliphatic heterocycles. The zero-order valence-corrected chi connectivity index (χ0v) is 14.8. The van der Waals surface area contributed by atoms with Crippen molar-refractivity contribution in [1.82, 2.24) is 0 Å². The summed E-state index contributed by atoms with van der Waals surface area (Å²) in [5.74, 6) is 0.150. The molecule has 2 aromatic rings. The van der Waals surface area contributed by atoms with E-state index in [2.05, 4.69) is 5.32 Å². The Hall–Kier alpha value is -1.50. The van der Waals surface area contributed by atoms with E-state index in [1.165, 1.54) is 23.6 Å². The first kappa shape index (κ1) is 17.8. The molecule has 1 N–H and O–H groups in total. The van der Waals surface area contributed by atoms with Crippen LogP contribution in [0.2, 0.25) is 5.02 Å². The summed E-state index contributed by atoms with van der Waals surface area (Å²) in [4.78, 5) is 25.0. The van der Waals surface area contributed by atoms with Gasteiger partial charge in [-0.25, -0.2) is 0 Å². The van der Waals surface area contributed by atoms with E-state index in [1.807, 2.05) is 17.5 Å². The van der Waals surface area contributed by atoms with E-state index in [4.69, 9.17) is 16.3 Å². The molecule has 7 heteroatoms. The van der Waals surface area contributed by atoms with E-state index in [9.17, 15) is 9.59 Å². The molecule has 1 aromatic heterocycles. The molecule has 1 aromatic carbocycles. The van der Waals surface area contributed by atoms with Gasteiger partial charge in [0.1, 0.15) is 0 Å². The van der Waals surface area contributed by atoms with Gasteiger partial charge in [-0.15, -0.1) is 23.1 Å². The fourth-order valence-corrected chi connectivity index (χ4v) is 3.54. The number of anilines is 1. The number of hydrogen-bond donors (Lipinski definition) is 1. The van der Waals surface area contributed by atoms with E-state index in [0.717, 1.165) is 5.75 Å². The predicted octanol–water partition coefficient (Wildman–Crippen LogP) is 4.21. The second-order valence-electron chi connectivity index (χ2n) is 4.67. The molecule has 2 rings (SSSR count). The number of thiophene rings is 1. The maximum absolute atomic E-state index is 12.0. The fraction of sp³-hybridized carbons (Fsp3) is 0.250. The van der Waals surface area contributed by atoms with Gasteiger partial charge in [0.05, 0.1) is 16.5 Å². The van der Waals surface area contributed by atoms with E-state index < -0.39 is 18.0 Å². The van der Waals surface area contributed by atoms with E-state index >= 15 is 0 Å². The fourth-order valence-electron chi connectivity index (χ4n) is 1.71. The Balaban J connectivity index is 1.74. The lowest BCUT2D eigenvalue weighted by Crippen LogP contribution is -2.30. The van der Waals surface area contributed by atoms with Gasteiger partial charge in [-0.1, -0.05) is 29.8 Å². The van der Waals surface area contributed by atoms with Crippen molar-refractivity contribution < 1.29 is 14.3 Å². The molecule has 1 atom stereocenters. The number of rotatable bonds is 7. The average Bonchev–Trinajstić information content (AvgIpc) is 3.02. The number of carbonyl (C=O) groups is 2. The van der Waals surface area contributed by atoms with Crippen molar-refractivity contribution in [3.8, 4) is 0 Å². The summed E-state index contributed by atoms with van der Waals surface area (Å²) in [5.41, 5.74) is 0.495. The minimum atomic E-state index is -0.874. The highest BCUT2D eigenvalue weighted by atomic mass is 35.5. The first-order chi connectivity index (χ1) is 11.1. The molecule has 0 saturated heterocycles. The lowest BCUT2D eigenvalue weighted by molar-refractivity contribution is -0.150. The Kier molecular flexibility index (Phi) is 6.95. The molecular formula is C16H16ClNO3S2. The van der Waals surface area contributed by atoms with Crippen molar-refractivity contribution in [2.45, 2.75) is 18.8 Å². The van der Waals surface area contributed by atoms with Crippen molar-refractivity contribution in [2.24, 2.45) is 0 Å².